The summed E-state index contributed by atoms with van der Waals surface area (Å²) in [4.78, 5) is 24.6. The molecule has 0 aliphatic heterocycles. The number of benzene rings is 2. The van der Waals surface area contributed by atoms with Crippen LogP contribution >= 0.6 is 0 Å². The molecule has 2 aromatic rings. The highest BCUT2D eigenvalue weighted by molar-refractivity contribution is 6.06. The van der Waals surface area contributed by atoms with Gasteiger partial charge >= 0.3 is 6.03 Å². The van der Waals surface area contributed by atoms with Crippen LogP contribution in [0.1, 0.15) is 24.2 Å². The Morgan fingerprint density at radius 1 is 0.960 bits per heavy atom. The standard InChI is InChI=1S/C19H23N3O3/c1-13(2)12-20-18(23)14-8-4-5-9-15(14)21-19(24)22-16-10-6-7-11-17(16)25-3/h4-11,13H,12H2,1-3H3,(H,20,23)(H2,21,22,24). The fourth-order valence-electron chi connectivity index (χ4n) is 2.21. The highest BCUT2D eigenvalue weighted by Gasteiger charge is 2.14. The molecular weight excluding hydrogens is 318 g/mol. The Morgan fingerprint density at radius 2 is 1.56 bits per heavy atom. The van der Waals surface area contributed by atoms with Gasteiger partial charge in [-0.1, -0.05) is 38.1 Å². The van der Waals surface area contributed by atoms with Crippen LogP contribution in [-0.4, -0.2) is 25.6 Å². The number of methoxy groups -OCH3 is 1. The van der Waals surface area contributed by atoms with E-state index in [2.05, 4.69) is 16.0 Å². The van der Waals surface area contributed by atoms with Crippen LogP contribution in [0.2, 0.25) is 0 Å². The van der Waals surface area contributed by atoms with Crippen molar-refractivity contribution in [1.82, 2.24) is 5.32 Å². The van der Waals surface area contributed by atoms with Gasteiger partial charge in [-0.3, -0.25) is 4.79 Å². The van der Waals surface area contributed by atoms with E-state index in [0.717, 1.165) is 0 Å². The summed E-state index contributed by atoms with van der Waals surface area (Å²) in [7, 11) is 1.53. The second-order valence-corrected chi connectivity index (χ2v) is 5.93. The highest BCUT2D eigenvalue weighted by Crippen LogP contribution is 2.23. The molecule has 3 N–H and O–H groups in total. The van der Waals surface area contributed by atoms with Gasteiger partial charge in [-0.15, -0.1) is 0 Å². The van der Waals surface area contributed by atoms with E-state index >= 15 is 0 Å². The Bertz CT molecular complexity index is 744. The van der Waals surface area contributed by atoms with Crippen molar-refractivity contribution in [3.8, 4) is 5.75 Å². The summed E-state index contributed by atoms with van der Waals surface area (Å²) < 4.78 is 5.21. The lowest BCUT2D eigenvalue weighted by atomic mass is 10.1. The van der Waals surface area contributed by atoms with Crippen molar-refractivity contribution in [3.05, 3.63) is 54.1 Å². The Hall–Kier alpha value is -3.02. The van der Waals surface area contributed by atoms with Crippen LogP contribution in [0.5, 0.6) is 5.75 Å². The summed E-state index contributed by atoms with van der Waals surface area (Å²) >= 11 is 0. The van der Waals surface area contributed by atoms with Crippen molar-refractivity contribution in [2.24, 2.45) is 5.92 Å². The van der Waals surface area contributed by atoms with E-state index in [9.17, 15) is 9.59 Å². The molecule has 0 unspecified atom stereocenters. The number of hydrogen-bond donors (Lipinski definition) is 3. The maximum Gasteiger partial charge on any atom is 0.323 e. The van der Waals surface area contributed by atoms with E-state index in [4.69, 9.17) is 4.74 Å². The normalized spacial score (nSPS) is 10.2. The third-order valence-electron chi connectivity index (χ3n) is 3.45. The first-order valence-corrected chi connectivity index (χ1v) is 8.09. The van der Waals surface area contributed by atoms with Gasteiger partial charge in [0.05, 0.1) is 24.0 Å². The predicted molar refractivity (Wildman–Crippen MR) is 99.2 cm³/mol. The first-order valence-electron chi connectivity index (χ1n) is 8.09. The van der Waals surface area contributed by atoms with E-state index in [1.54, 1.807) is 42.5 Å². The average Bonchev–Trinajstić information content (AvgIpc) is 2.60. The van der Waals surface area contributed by atoms with Gasteiger partial charge in [0.15, 0.2) is 0 Å². The predicted octanol–water partition coefficient (Wildman–Crippen LogP) is 3.73. The van der Waals surface area contributed by atoms with Crippen molar-refractivity contribution in [3.63, 3.8) is 0 Å². The maximum absolute atomic E-state index is 12.3. The molecule has 0 saturated carbocycles. The average molecular weight is 341 g/mol. The molecule has 6 nitrogen and oxygen atoms in total. The van der Waals surface area contributed by atoms with Gasteiger partial charge in [0.25, 0.3) is 5.91 Å². The zero-order valence-electron chi connectivity index (χ0n) is 14.6. The second kappa shape index (κ2) is 8.73. The van der Waals surface area contributed by atoms with Crippen molar-refractivity contribution >= 4 is 23.3 Å². The van der Waals surface area contributed by atoms with E-state index in [-0.39, 0.29) is 5.91 Å². The van der Waals surface area contributed by atoms with Gasteiger partial charge in [0.2, 0.25) is 0 Å². The molecule has 0 spiro atoms. The molecule has 0 heterocycles. The molecule has 2 rings (SSSR count). The van der Waals surface area contributed by atoms with Gasteiger partial charge in [-0.2, -0.15) is 0 Å². The Labute approximate surface area is 147 Å². The molecule has 25 heavy (non-hydrogen) atoms. The number of rotatable bonds is 6. The molecule has 132 valence electrons. The number of nitrogens with one attached hydrogen (secondary N) is 3. The quantitative estimate of drug-likeness (QED) is 0.749. The van der Waals surface area contributed by atoms with Gasteiger partial charge in [0, 0.05) is 6.54 Å². The van der Waals surface area contributed by atoms with E-state index in [1.807, 2.05) is 19.9 Å². The SMILES string of the molecule is COc1ccccc1NC(=O)Nc1ccccc1C(=O)NCC(C)C. The van der Waals surface area contributed by atoms with Gasteiger partial charge < -0.3 is 20.7 Å². The fourth-order valence-corrected chi connectivity index (χ4v) is 2.21. The molecular formula is C19H23N3O3. The molecule has 0 fully saturated rings. The van der Waals surface area contributed by atoms with E-state index < -0.39 is 6.03 Å². The third kappa shape index (κ3) is 5.24. The number of hydrogen-bond acceptors (Lipinski definition) is 3. The second-order valence-electron chi connectivity index (χ2n) is 5.93. The zero-order chi connectivity index (χ0) is 18.2. The Kier molecular flexibility index (Phi) is 6.39. The number of para-hydroxylation sites is 3. The number of urea groups is 1. The maximum atomic E-state index is 12.3. The summed E-state index contributed by atoms with van der Waals surface area (Å²) in [6.45, 7) is 4.61. The Balaban J connectivity index is 2.09. The van der Waals surface area contributed by atoms with Crippen molar-refractivity contribution in [2.75, 3.05) is 24.3 Å². The van der Waals surface area contributed by atoms with Crippen LogP contribution in [-0.2, 0) is 0 Å². The number of ether oxygens (including phenoxy) is 1. The number of amides is 3. The molecule has 6 heteroatoms. The highest BCUT2D eigenvalue weighted by atomic mass is 16.5. The summed E-state index contributed by atoms with van der Waals surface area (Å²) in [6.07, 6.45) is 0. The first-order chi connectivity index (χ1) is 12.0. The first kappa shape index (κ1) is 18.3. The van der Waals surface area contributed by atoms with Gasteiger partial charge in [-0.05, 0) is 30.2 Å². The third-order valence-corrected chi connectivity index (χ3v) is 3.45. The summed E-state index contributed by atoms with van der Waals surface area (Å²) in [5.41, 5.74) is 1.40. The van der Waals surface area contributed by atoms with Crippen LogP contribution in [0.3, 0.4) is 0 Å². The van der Waals surface area contributed by atoms with Gasteiger partial charge in [0.1, 0.15) is 5.75 Å². The monoisotopic (exact) mass is 341 g/mol. The minimum atomic E-state index is -0.450. The smallest absolute Gasteiger partial charge is 0.323 e. The summed E-state index contributed by atoms with van der Waals surface area (Å²) in [6, 6.07) is 13.5. The molecule has 0 radical (unpaired) electrons. The summed E-state index contributed by atoms with van der Waals surface area (Å²) in [5.74, 6) is 0.681. The molecule has 0 aliphatic carbocycles. The molecule has 0 atom stereocenters. The lowest BCUT2D eigenvalue weighted by molar-refractivity contribution is 0.0950. The van der Waals surface area contributed by atoms with Crippen LogP contribution in [0.25, 0.3) is 0 Å². The fraction of sp³-hybridized carbons (Fsp3) is 0.263. The van der Waals surface area contributed by atoms with Crippen molar-refractivity contribution < 1.29 is 14.3 Å². The van der Waals surface area contributed by atoms with Crippen LogP contribution in [0.15, 0.2) is 48.5 Å². The van der Waals surface area contributed by atoms with Crippen molar-refractivity contribution in [1.29, 1.82) is 0 Å². The van der Waals surface area contributed by atoms with Crippen LogP contribution in [0, 0.1) is 5.92 Å². The van der Waals surface area contributed by atoms with E-state index in [0.29, 0.717) is 35.2 Å². The zero-order valence-corrected chi connectivity index (χ0v) is 14.6. The lowest BCUT2D eigenvalue weighted by Crippen LogP contribution is -2.29. The van der Waals surface area contributed by atoms with Crippen molar-refractivity contribution in [2.45, 2.75) is 13.8 Å². The number of carbonyl (C=O) groups is 2. The molecule has 0 saturated heterocycles. The van der Waals surface area contributed by atoms with Gasteiger partial charge in [-0.25, -0.2) is 4.79 Å². The number of anilines is 2. The molecule has 0 bridgehead atoms. The number of carbonyl (C=O) groups excluding carboxylic acids is 2. The minimum Gasteiger partial charge on any atom is -0.495 e. The molecule has 2 aromatic carbocycles. The van der Waals surface area contributed by atoms with Crippen LogP contribution in [0.4, 0.5) is 16.2 Å². The molecule has 3 amide bonds. The molecule has 0 aromatic heterocycles. The minimum absolute atomic E-state index is 0.220. The summed E-state index contributed by atoms with van der Waals surface area (Å²) in [5, 5.41) is 8.28. The largest absolute Gasteiger partial charge is 0.495 e. The topological polar surface area (TPSA) is 79.5 Å². The van der Waals surface area contributed by atoms with E-state index in [1.165, 1.54) is 7.11 Å². The molecule has 0 aliphatic rings. The Morgan fingerprint density at radius 3 is 2.24 bits per heavy atom. The lowest BCUT2D eigenvalue weighted by Gasteiger charge is -2.14. The van der Waals surface area contributed by atoms with Crippen LogP contribution < -0.4 is 20.7 Å².